The first-order chi connectivity index (χ1) is 29.7. The minimum Gasteiger partial charge on any atom is -0.457 e. The fraction of sp³-hybridized carbons (Fsp3) is 0.435. The number of carbonyl (C=O) groups is 2. The number of nitrogens with one attached hydrogen (secondary N) is 3. The number of hydrogen-bond donors (Lipinski definition) is 4. The van der Waals surface area contributed by atoms with E-state index in [4.69, 9.17) is 20.3 Å². The zero-order chi connectivity index (χ0) is 41.9. The molecule has 15 nitrogen and oxygen atoms in total. The zero-order valence-electron chi connectivity index (χ0n) is 34.4. The number of aromatic nitrogens is 3. The van der Waals surface area contributed by atoms with Crippen molar-refractivity contribution >= 4 is 45.9 Å². The first-order valence-corrected chi connectivity index (χ1v) is 21.7. The summed E-state index contributed by atoms with van der Waals surface area (Å²) in [5.74, 6) is 2.36. The Morgan fingerprint density at radius 3 is 2.15 bits per heavy atom. The van der Waals surface area contributed by atoms with Crippen LogP contribution in [0.5, 0.6) is 11.5 Å². The van der Waals surface area contributed by atoms with Gasteiger partial charge < -0.3 is 34.9 Å². The Morgan fingerprint density at radius 1 is 0.803 bits per heavy atom. The van der Waals surface area contributed by atoms with E-state index in [2.05, 4.69) is 35.3 Å². The van der Waals surface area contributed by atoms with Gasteiger partial charge in [0.15, 0.2) is 5.58 Å². The van der Waals surface area contributed by atoms with E-state index in [0.717, 1.165) is 89.5 Å². The number of nitrogen functional groups attached to an aromatic ring is 1. The van der Waals surface area contributed by atoms with Gasteiger partial charge in [-0.2, -0.15) is 0 Å². The van der Waals surface area contributed by atoms with E-state index in [1.54, 1.807) is 0 Å². The summed E-state index contributed by atoms with van der Waals surface area (Å²) in [7, 11) is 0. The van der Waals surface area contributed by atoms with Gasteiger partial charge in [0.05, 0.1) is 16.8 Å². The Balaban J connectivity index is 0.703. The Morgan fingerprint density at radius 2 is 1.46 bits per heavy atom. The van der Waals surface area contributed by atoms with E-state index in [1.165, 1.54) is 23.7 Å². The second kappa shape index (κ2) is 17.9. The van der Waals surface area contributed by atoms with Crippen LogP contribution in [0.1, 0.15) is 68.5 Å². The van der Waals surface area contributed by atoms with Crippen molar-refractivity contribution in [2.75, 3.05) is 68.3 Å². The molecule has 15 heteroatoms. The molecular weight excluding hydrogens is 773 g/mol. The Labute approximate surface area is 354 Å². The first kappa shape index (κ1) is 40.4. The molecule has 4 saturated heterocycles. The lowest BCUT2D eigenvalue weighted by Gasteiger charge is -2.40. The molecule has 0 bridgehead atoms. The van der Waals surface area contributed by atoms with Crippen molar-refractivity contribution in [2.24, 2.45) is 11.8 Å². The average molecular weight is 827 g/mol. The Bertz CT molecular complexity index is 2410. The lowest BCUT2D eigenvalue weighted by molar-refractivity contribution is -0.135. The van der Waals surface area contributed by atoms with Crippen molar-refractivity contribution in [3.63, 3.8) is 0 Å². The van der Waals surface area contributed by atoms with Gasteiger partial charge in [0.1, 0.15) is 35.5 Å². The molecular formula is C46H54N10O5. The molecule has 2 amide bonds. The highest BCUT2D eigenvalue weighted by Gasteiger charge is 2.32. The molecule has 2 aromatic heterocycles. The normalized spacial score (nSPS) is 20.2. The third kappa shape index (κ3) is 9.17. The molecule has 0 spiro atoms. The SMILES string of the molecule is N=C(c1ccc(Oc2ccccc2)cc1)c1c(N)ncnc1NC1CCN(CC2CCN(CC3CCN(c4ccc5c(c4)oc(=O)n5C4CCC(=O)NC4=O)CC3)CC2)CC1. The van der Waals surface area contributed by atoms with Crippen LogP contribution in [0.4, 0.5) is 17.3 Å². The molecule has 1 atom stereocenters. The number of nitrogens with zero attached hydrogens (tertiary/aromatic N) is 6. The smallest absolute Gasteiger partial charge is 0.420 e. The summed E-state index contributed by atoms with van der Waals surface area (Å²) in [6.45, 7) is 8.52. The third-order valence-electron chi connectivity index (χ3n) is 13.0. The van der Waals surface area contributed by atoms with Crippen molar-refractivity contribution in [1.82, 2.24) is 29.7 Å². The van der Waals surface area contributed by atoms with Crippen LogP contribution in [0.25, 0.3) is 11.1 Å². The second-order valence-corrected chi connectivity index (χ2v) is 17.0. The van der Waals surface area contributed by atoms with Crippen LogP contribution in [0, 0.1) is 17.2 Å². The van der Waals surface area contributed by atoms with Gasteiger partial charge in [-0.1, -0.05) is 18.2 Å². The summed E-state index contributed by atoms with van der Waals surface area (Å²) in [6, 6.07) is 22.3. The van der Waals surface area contributed by atoms with Gasteiger partial charge in [-0.05, 0) is 118 Å². The molecule has 4 aliphatic rings. The fourth-order valence-electron chi connectivity index (χ4n) is 9.57. The summed E-state index contributed by atoms with van der Waals surface area (Å²) in [5, 5.41) is 15.0. The molecule has 5 N–H and O–H groups in total. The summed E-state index contributed by atoms with van der Waals surface area (Å²) < 4.78 is 12.9. The van der Waals surface area contributed by atoms with Crippen LogP contribution >= 0.6 is 0 Å². The van der Waals surface area contributed by atoms with E-state index in [1.807, 2.05) is 72.8 Å². The number of para-hydroxylation sites is 1. The third-order valence-corrected chi connectivity index (χ3v) is 13.0. The molecule has 0 saturated carbocycles. The maximum Gasteiger partial charge on any atom is 0.420 e. The van der Waals surface area contributed by atoms with E-state index >= 15 is 0 Å². The van der Waals surface area contributed by atoms with Gasteiger partial charge in [0.25, 0.3) is 0 Å². The Kier molecular flexibility index (Phi) is 11.8. The maximum atomic E-state index is 12.8. The standard InChI is InChI=1S/C46H54N10O5/c47-42(32-6-9-36(10-7-32)60-35-4-2-1-3-5-35)41-43(48)49-29-50-44(41)51-33-18-22-54(23-19-33)27-30-14-20-53(21-15-30)28-31-16-24-55(25-17-31)34-8-11-37-39(26-34)61-46(59)56(37)38-12-13-40(57)52-45(38)58/h1-11,26,29-31,33,38,47H,12-25,27-28H2,(H,52,57,58)(H3,48,49,50,51). The summed E-state index contributed by atoms with van der Waals surface area (Å²) in [5.41, 5.74) is 9.93. The minimum absolute atomic E-state index is 0.198. The molecule has 0 aliphatic carbocycles. The zero-order valence-corrected chi connectivity index (χ0v) is 34.4. The first-order valence-electron chi connectivity index (χ1n) is 21.7. The number of anilines is 3. The second-order valence-electron chi connectivity index (χ2n) is 17.0. The molecule has 6 heterocycles. The van der Waals surface area contributed by atoms with E-state index < -0.39 is 17.7 Å². The van der Waals surface area contributed by atoms with Crippen LogP contribution < -0.4 is 31.8 Å². The topological polar surface area (TPSA) is 188 Å². The molecule has 3 aromatic carbocycles. The quantitative estimate of drug-likeness (QED) is 0.0895. The number of ether oxygens (including phenoxy) is 1. The van der Waals surface area contributed by atoms with E-state index in [0.29, 0.717) is 45.6 Å². The van der Waals surface area contributed by atoms with Crippen LogP contribution in [0.3, 0.4) is 0 Å². The number of piperidine rings is 4. The lowest BCUT2D eigenvalue weighted by Crippen LogP contribution is -2.45. The molecule has 1 unspecified atom stereocenters. The number of carbonyl (C=O) groups excluding carboxylic acids is 2. The molecule has 5 aromatic rings. The minimum atomic E-state index is -0.743. The van der Waals surface area contributed by atoms with E-state index in [-0.39, 0.29) is 36.3 Å². The molecule has 318 valence electrons. The van der Waals surface area contributed by atoms with E-state index in [9.17, 15) is 14.4 Å². The summed E-state index contributed by atoms with van der Waals surface area (Å²) in [4.78, 5) is 53.3. The van der Waals surface area contributed by atoms with Crippen LogP contribution in [-0.2, 0) is 9.59 Å². The van der Waals surface area contributed by atoms with Gasteiger partial charge in [-0.15, -0.1) is 0 Å². The van der Waals surface area contributed by atoms with Gasteiger partial charge in [0, 0.05) is 69.0 Å². The molecule has 4 aliphatic heterocycles. The highest BCUT2D eigenvalue weighted by Crippen LogP contribution is 2.31. The number of imide groups is 1. The predicted octanol–water partition coefficient (Wildman–Crippen LogP) is 5.66. The number of benzene rings is 3. The monoisotopic (exact) mass is 826 g/mol. The lowest BCUT2D eigenvalue weighted by atomic mass is 9.91. The van der Waals surface area contributed by atoms with Gasteiger partial charge >= 0.3 is 5.76 Å². The number of likely N-dealkylation sites (tertiary alicyclic amines) is 2. The molecule has 9 rings (SSSR count). The van der Waals surface area contributed by atoms with Gasteiger partial charge in [-0.3, -0.25) is 24.9 Å². The number of nitrogens with two attached hydrogens (primary N) is 1. The van der Waals surface area contributed by atoms with Crippen molar-refractivity contribution < 1.29 is 18.7 Å². The van der Waals surface area contributed by atoms with Crippen LogP contribution in [-0.4, -0.2) is 100 Å². The van der Waals surface area contributed by atoms with Crippen molar-refractivity contribution in [1.29, 1.82) is 5.41 Å². The molecule has 61 heavy (non-hydrogen) atoms. The average Bonchev–Trinajstić information content (AvgIpc) is 3.60. The number of fused-ring (bicyclic) bond motifs is 1. The maximum absolute atomic E-state index is 12.8. The van der Waals surface area contributed by atoms with Crippen molar-refractivity contribution in [2.45, 2.75) is 63.5 Å². The number of rotatable bonds is 12. The molecule has 4 fully saturated rings. The van der Waals surface area contributed by atoms with Gasteiger partial charge in [0.2, 0.25) is 11.8 Å². The summed E-state index contributed by atoms with van der Waals surface area (Å²) >= 11 is 0. The van der Waals surface area contributed by atoms with Crippen LogP contribution in [0.2, 0.25) is 0 Å². The highest BCUT2D eigenvalue weighted by atomic mass is 16.5. The summed E-state index contributed by atoms with van der Waals surface area (Å²) in [6.07, 6.45) is 8.63. The fourth-order valence-corrected chi connectivity index (χ4v) is 9.57. The largest absolute Gasteiger partial charge is 0.457 e. The van der Waals surface area contributed by atoms with Crippen molar-refractivity contribution in [3.8, 4) is 11.5 Å². The predicted molar refractivity (Wildman–Crippen MR) is 234 cm³/mol. The molecule has 0 radical (unpaired) electrons. The number of hydrogen-bond acceptors (Lipinski definition) is 13. The highest BCUT2D eigenvalue weighted by molar-refractivity contribution is 6.16. The number of oxazole rings is 1. The number of amides is 2. The van der Waals surface area contributed by atoms with Crippen LogP contribution in [0.15, 0.2) is 88.3 Å². The van der Waals surface area contributed by atoms with Gasteiger partial charge in [-0.25, -0.2) is 14.8 Å². The Hall–Kier alpha value is -6.06. The van der Waals surface area contributed by atoms with Crippen molar-refractivity contribution in [3.05, 3.63) is 101 Å².